The van der Waals surface area contributed by atoms with Crippen LogP contribution in [-0.2, 0) is 9.53 Å². The van der Waals surface area contributed by atoms with Gasteiger partial charge in [0.2, 0.25) is 0 Å². The lowest BCUT2D eigenvalue weighted by molar-refractivity contribution is -0.144. The molecule has 0 aliphatic heterocycles. The van der Waals surface area contributed by atoms with Crippen molar-refractivity contribution in [3.05, 3.63) is 59.4 Å². The highest BCUT2D eigenvalue weighted by Crippen LogP contribution is 2.26. The van der Waals surface area contributed by atoms with E-state index in [-0.39, 0.29) is 5.97 Å². The third-order valence-electron chi connectivity index (χ3n) is 2.71. The van der Waals surface area contributed by atoms with Crippen LogP contribution in [0.3, 0.4) is 0 Å². The summed E-state index contributed by atoms with van der Waals surface area (Å²) in [7, 11) is 0. The number of esters is 1. The van der Waals surface area contributed by atoms with Crippen LogP contribution in [0.5, 0.6) is 0 Å². The van der Waals surface area contributed by atoms with Gasteiger partial charge in [-0.3, -0.25) is 4.98 Å². The van der Waals surface area contributed by atoms with Gasteiger partial charge in [-0.15, -0.1) is 0 Å². The molecule has 0 aliphatic carbocycles. The van der Waals surface area contributed by atoms with E-state index in [1.807, 2.05) is 24.3 Å². The molecule has 0 aliphatic rings. The molecule has 0 saturated heterocycles. The molecule has 1 N–H and O–H groups in total. The Hall–Kier alpha value is -2.07. The van der Waals surface area contributed by atoms with E-state index in [2.05, 4.69) is 10.3 Å². The highest BCUT2D eigenvalue weighted by atomic mass is 35.5. The molecule has 5 heteroatoms. The molecule has 2 rings (SSSR count). The van der Waals surface area contributed by atoms with Crippen molar-refractivity contribution in [1.29, 1.82) is 0 Å². The second-order valence-corrected chi connectivity index (χ2v) is 4.50. The largest absolute Gasteiger partial charge is 0.464 e. The number of aromatic nitrogens is 1. The minimum atomic E-state index is -0.636. The lowest BCUT2D eigenvalue weighted by atomic mass is 10.1. The topological polar surface area (TPSA) is 51.2 Å². The summed E-state index contributed by atoms with van der Waals surface area (Å²) in [5.74, 6) is -0.361. The Morgan fingerprint density at radius 1 is 1.35 bits per heavy atom. The molecule has 1 aromatic carbocycles. The number of nitrogens with one attached hydrogen (secondary N) is 1. The number of carbonyl (C=O) groups is 1. The van der Waals surface area contributed by atoms with Gasteiger partial charge in [0.25, 0.3) is 0 Å². The zero-order valence-corrected chi connectivity index (χ0v) is 11.8. The Labute approximate surface area is 122 Å². The lowest BCUT2D eigenvalue weighted by Gasteiger charge is -2.19. The standard InChI is InChI=1S/C15H15ClN2O2/c1-2-20-15(19)14(11-6-5-9-17-10-11)18-13-8-4-3-7-12(13)16/h3-10,14,18H,2H2,1H3. The first-order valence-corrected chi connectivity index (χ1v) is 6.67. The van der Waals surface area contributed by atoms with Crippen molar-refractivity contribution in [2.24, 2.45) is 0 Å². The second kappa shape index (κ2) is 6.91. The fourth-order valence-electron chi connectivity index (χ4n) is 1.78. The summed E-state index contributed by atoms with van der Waals surface area (Å²) in [5.41, 5.74) is 1.40. The van der Waals surface area contributed by atoms with Gasteiger partial charge in [-0.05, 0) is 25.1 Å². The maximum Gasteiger partial charge on any atom is 0.333 e. The number of hydrogen-bond acceptors (Lipinski definition) is 4. The number of pyridine rings is 1. The summed E-state index contributed by atoms with van der Waals surface area (Å²) in [5, 5.41) is 3.65. The summed E-state index contributed by atoms with van der Waals surface area (Å²) < 4.78 is 5.10. The maximum absolute atomic E-state index is 12.1. The van der Waals surface area contributed by atoms with Crippen LogP contribution in [-0.4, -0.2) is 17.6 Å². The van der Waals surface area contributed by atoms with E-state index in [0.29, 0.717) is 17.3 Å². The molecule has 2 aromatic rings. The molecule has 0 amide bonds. The molecule has 0 fully saturated rings. The van der Waals surface area contributed by atoms with Crippen LogP contribution in [0.1, 0.15) is 18.5 Å². The van der Waals surface area contributed by atoms with Crippen molar-refractivity contribution in [2.75, 3.05) is 11.9 Å². The molecular weight excluding hydrogens is 276 g/mol. The van der Waals surface area contributed by atoms with Gasteiger partial charge < -0.3 is 10.1 Å². The Morgan fingerprint density at radius 2 is 2.15 bits per heavy atom. The number of halogens is 1. The average Bonchev–Trinajstić information content (AvgIpc) is 2.47. The summed E-state index contributed by atoms with van der Waals surface area (Å²) >= 11 is 6.11. The number of rotatable bonds is 5. The number of nitrogens with zero attached hydrogens (tertiary/aromatic N) is 1. The van der Waals surface area contributed by atoms with E-state index in [9.17, 15) is 4.79 Å². The van der Waals surface area contributed by atoms with Crippen molar-refractivity contribution in [2.45, 2.75) is 13.0 Å². The molecule has 1 unspecified atom stereocenters. The highest BCUT2D eigenvalue weighted by molar-refractivity contribution is 6.33. The van der Waals surface area contributed by atoms with E-state index in [4.69, 9.17) is 16.3 Å². The molecule has 0 bridgehead atoms. The van der Waals surface area contributed by atoms with Gasteiger partial charge in [0, 0.05) is 18.0 Å². The minimum Gasteiger partial charge on any atom is -0.464 e. The SMILES string of the molecule is CCOC(=O)C(Nc1ccccc1Cl)c1cccnc1. The highest BCUT2D eigenvalue weighted by Gasteiger charge is 2.22. The smallest absolute Gasteiger partial charge is 0.333 e. The number of benzene rings is 1. The molecule has 1 heterocycles. The summed E-state index contributed by atoms with van der Waals surface area (Å²) in [6, 6.07) is 10.2. The van der Waals surface area contributed by atoms with Gasteiger partial charge in [-0.1, -0.05) is 29.8 Å². The average molecular weight is 291 g/mol. The van der Waals surface area contributed by atoms with Gasteiger partial charge in [0.15, 0.2) is 6.04 Å². The predicted molar refractivity (Wildman–Crippen MR) is 78.7 cm³/mol. The van der Waals surface area contributed by atoms with Crippen LogP contribution >= 0.6 is 11.6 Å². The monoisotopic (exact) mass is 290 g/mol. The number of anilines is 1. The molecule has 4 nitrogen and oxygen atoms in total. The van der Waals surface area contributed by atoms with Crippen LogP contribution in [0.4, 0.5) is 5.69 Å². The van der Waals surface area contributed by atoms with Gasteiger partial charge in [-0.25, -0.2) is 4.79 Å². The fraction of sp³-hybridized carbons (Fsp3) is 0.200. The van der Waals surface area contributed by atoms with Crippen molar-refractivity contribution >= 4 is 23.3 Å². The lowest BCUT2D eigenvalue weighted by Crippen LogP contribution is -2.23. The number of ether oxygens (including phenoxy) is 1. The number of hydrogen-bond donors (Lipinski definition) is 1. The number of para-hydroxylation sites is 1. The first-order valence-electron chi connectivity index (χ1n) is 6.30. The zero-order chi connectivity index (χ0) is 14.4. The van der Waals surface area contributed by atoms with Gasteiger partial charge >= 0.3 is 5.97 Å². The fourth-order valence-corrected chi connectivity index (χ4v) is 1.97. The van der Waals surface area contributed by atoms with Crippen molar-refractivity contribution in [3.8, 4) is 0 Å². The summed E-state index contributed by atoms with van der Waals surface area (Å²) in [4.78, 5) is 16.1. The van der Waals surface area contributed by atoms with Crippen molar-refractivity contribution < 1.29 is 9.53 Å². The van der Waals surface area contributed by atoms with Crippen LogP contribution in [0, 0.1) is 0 Å². The van der Waals surface area contributed by atoms with E-state index >= 15 is 0 Å². The third kappa shape index (κ3) is 3.48. The van der Waals surface area contributed by atoms with Gasteiger partial charge in [0.1, 0.15) is 0 Å². The van der Waals surface area contributed by atoms with Crippen LogP contribution in [0.2, 0.25) is 5.02 Å². The van der Waals surface area contributed by atoms with Crippen LogP contribution in [0.15, 0.2) is 48.8 Å². The zero-order valence-electron chi connectivity index (χ0n) is 11.0. The molecule has 0 radical (unpaired) electrons. The van der Waals surface area contributed by atoms with Crippen LogP contribution < -0.4 is 5.32 Å². The first kappa shape index (κ1) is 14.3. The number of carbonyl (C=O) groups excluding carboxylic acids is 1. The molecule has 104 valence electrons. The Kier molecular flexibility index (Phi) is 4.96. The predicted octanol–water partition coefficient (Wildman–Crippen LogP) is 3.45. The van der Waals surface area contributed by atoms with Crippen molar-refractivity contribution in [3.63, 3.8) is 0 Å². The quantitative estimate of drug-likeness (QED) is 0.857. The molecular formula is C15H15ClN2O2. The van der Waals surface area contributed by atoms with Gasteiger partial charge in [-0.2, -0.15) is 0 Å². The van der Waals surface area contributed by atoms with E-state index < -0.39 is 6.04 Å². The van der Waals surface area contributed by atoms with Crippen LogP contribution in [0.25, 0.3) is 0 Å². The Bertz CT molecular complexity index is 575. The first-order chi connectivity index (χ1) is 9.72. The molecule has 0 spiro atoms. The van der Waals surface area contributed by atoms with Crippen molar-refractivity contribution in [1.82, 2.24) is 4.98 Å². The van der Waals surface area contributed by atoms with E-state index in [1.165, 1.54) is 0 Å². The summed E-state index contributed by atoms with van der Waals surface area (Å²) in [6.45, 7) is 2.09. The maximum atomic E-state index is 12.1. The summed E-state index contributed by atoms with van der Waals surface area (Å²) in [6.07, 6.45) is 3.28. The molecule has 1 aromatic heterocycles. The normalized spacial score (nSPS) is 11.7. The Morgan fingerprint density at radius 3 is 2.80 bits per heavy atom. The second-order valence-electron chi connectivity index (χ2n) is 4.10. The molecule has 0 saturated carbocycles. The third-order valence-corrected chi connectivity index (χ3v) is 3.04. The minimum absolute atomic E-state index is 0.319. The van der Waals surface area contributed by atoms with E-state index in [0.717, 1.165) is 5.56 Å². The molecule has 1 atom stereocenters. The Balaban J connectivity index is 2.28. The van der Waals surface area contributed by atoms with E-state index in [1.54, 1.807) is 31.5 Å². The van der Waals surface area contributed by atoms with Gasteiger partial charge in [0.05, 0.1) is 17.3 Å². The molecule has 20 heavy (non-hydrogen) atoms.